The van der Waals surface area contributed by atoms with Gasteiger partial charge in [0.25, 0.3) is 0 Å². The van der Waals surface area contributed by atoms with Gasteiger partial charge in [0.2, 0.25) is 11.7 Å². The fourth-order valence-corrected chi connectivity index (χ4v) is 4.76. The molecule has 8 nitrogen and oxygen atoms in total. The molecule has 1 fully saturated rings. The second kappa shape index (κ2) is 14.1. The Morgan fingerprint density at radius 1 is 1.03 bits per heavy atom. The number of ether oxygens (including phenoxy) is 1. The maximum atomic E-state index is 13.0. The van der Waals surface area contributed by atoms with Crippen molar-refractivity contribution in [3.05, 3.63) is 69.8 Å². The topological polar surface area (TPSA) is 87.7 Å². The van der Waals surface area contributed by atoms with Gasteiger partial charge in [0.15, 0.2) is 0 Å². The Kier molecular flexibility index (Phi) is 11.6. The lowest BCUT2D eigenvalue weighted by Crippen LogP contribution is -2.50. The predicted octanol–water partition coefficient (Wildman–Crippen LogP) is 3.73. The van der Waals surface area contributed by atoms with Crippen molar-refractivity contribution >= 4 is 53.7 Å². The number of methoxy groups -OCH3 is 1. The summed E-state index contributed by atoms with van der Waals surface area (Å²) in [7, 11) is 1.59. The molecule has 1 aliphatic heterocycles. The van der Waals surface area contributed by atoms with Crippen LogP contribution in [0.25, 0.3) is 0 Å². The first-order chi connectivity index (χ1) is 16.5. The van der Waals surface area contributed by atoms with Crippen LogP contribution in [0.4, 0.5) is 5.82 Å². The van der Waals surface area contributed by atoms with Gasteiger partial charge < -0.3 is 15.0 Å². The van der Waals surface area contributed by atoms with Crippen LogP contribution in [0.1, 0.15) is 25.8 Å². The minimum Gasteiger partial charge on any atom is -0.497 e. The molecule has 0 radical (unpaired) electrons. The van der Waals surface area contributed by atoms with Crippen LogP contribution in [0.5, 0.6) is 5.75 Å². The number of ketones is 1. The molecule has 2 aromatic heterocycles. The number of thiazole rings is 1. The Morgan fingerprint density at radius 2 is 1.69 bits per heavy atom. The molecule has 0 aliphatic carbocycles. The van der Waals surface area contributed by atoms with Crippen LogP contribution in [0, 0.1) is 6.92 Å². The Bertz CT molecular complexity index is 1120. The first kappa shape index (κ1) is 29.5. The van der Waals surface area contributed by atoms with E-state index in [4.69, 9.17) is 4.74 Å². The summed E-state index contributed by atoms with van der Waals surface area (Å²) in [5.41, 5.74) is 1.83. The molecule has 1 saturated heterocycles. The van der Waals surface area contributed by atoms with Crippen molar-refractivity contribution in [2.75, 3.05) is 51.7 Å². The van der Waals surface area contributed by atoms with E-state index in [9.17, 15) is 9.59 Å². The summed E-state index contributed by atoms with van der Waals surface area (Å²) in [4.78, 5) is 39.1. The number of benzene rings is 1. The van der Waals surface area contributed by atoms with E-state index in [0.717, 1.165) is 31.1 Å². The van der Waals surface area contributed by atoms with Gasteiger partial charge in [-0.1, -0.05) is 0 Å². The van der Waals surface area contributed by atoms with E-state index in [2.05, 4.69) is 20.2 Å². The fourth-order valence-electron chi connectivity index (χ4n) is 3.90. The highest BCUT2D eigenvalue weighted by Gasteiger charge is 2.23. The number of nitrogens with zero attached hydrogens (tertiary/aromatic N) is 4. The molecule has 0 atom stereocenters. The molecule has 36 heavy (non-hydrogen) atoms. The lowest BCUT2D eigenvalue weighted by Gasteiger charge is -2.34. The Hall–Kier alpha value is -2.72. The summed E-state index contributed by atoms with van der Waals surface area (Å²) < 4.78 is 5.16. The lowest BCUT2D eigenvalue weighted by molar-refractivity contribution is -0.131. The first-order valence-corrected chi connectivity index (χ1v) is 12.1. The monoisotopic (exact) mass is 551 g/mol. The minimum atomic E-state index is -0.119. The molecule has 1 aliphatic rings. The van der Waals surface area contributed by atoms with E-state index in [1.165, 1.54) is 16.9 Å². The van der Waals surface area contributed by atoms with Crippen molar-refractivity contribution in [3.8, 4) is 5.75 Å². The van der Waals surface area contributed by atoms with Gasteiger partial charge in [-0.05, 0) is 55.3 Å². The number of anilines is 1. The maximum absolute atomic E-state index is 13.0. The maximum Gasteiger partial charge on any atom is 0.242 e. The molecule has 1 aromatic carbocycles. The second-order valence-corrected chi connectivity index (χ2v) is 9.35. The van der Waals surface area contributed by atoms with Gasteiger partial charge in [0, 0.05) is 50.7 Å². The number of nitrogens with one attached hydrogen (secondary N) is 1. The van der Waals surface area contributed by atoms with E-state index in [0.29, 0.717) is 35.1 Å². The third kappa shape index (κ3) is 7.64. The van der Waals surface area contributed by atoms with Crippen molar-refractivity contribution in [1.29, 1.82) is 0 Å². The molecule has 0 saturated carbocycles. The van der Waals surface area contributed by atoms with Crippen LogP contribution in [0.3, 0.4) is 0 Å². The van der Waals surface area contributed by atoms with E-state index in [-0.39, 0.29) is 43.0 Å². The van der Waals surface area contributed by atoms with Gasteiger partial charge in [-0.2, -0.15) is 0 Å². The summed E-state index contributed by atoms with van der Waals surface area (Å²) in [6.45, 7) is 6.05. The number of carbonyl (C=O) groups is 2. The zero-order valence-corrected chi connectivity index (χ0v) is 22.8. The highest BCUT2D eigenvalue weighted by Crippen LogP contribution is 2.26. The normalized spacial score (nSPS) is 13.3. The number of hydrogen-bond donors (Lipinski definition) is 1. The molecule has 194 valence electrons. The molecule has 0 bridgehead atoms. The summed E-state index contributed by atoms with van der Waals surface area (Å²) in [5, 5.41) is 3.88. The SMILES string of the molecule is COc1ccc(C(=O)c2sc(C)nc2NCC(=O)N2CCN(CCc3ccncc3)CC2)cc1.Cl.Cl. The standard InChI is InChI=1S/C25H29N5O3S.2ClH/c1-18-28-25(24(34-18)23(32)20-3-5-21(33-2)6-4-20)27-17-22(31)30-15-13-29(14-16-30)12-9-19-7-10-26-11-8-19;;/h3-8,10-11,27H,9,12-17H2,1-2H3;2*1H. The molecule has 0 spiro atoms. The van der Waals surface area contributed by atoms with Crippen molar-refractivity contribution in [3.63, 3.8) is 0 Å². The van der Waals surface area contributed by atoms with Gasteiger partial charge in [-0.25, -0.2) is 4.98 Å². The minimum absolute atomic E-state index is 0. The second-order valence-electron chi connectivity index (χ2n) is 8.15. The smallest absolute Gasteiger partial charge is 0.242 e. The molecule has 0 unspecified atom stereocenters. The Morgan fingerprint density at radius 3 is 2.33 bits per heavy atom. The molecule has 3 aromatic rings. The number of carbonyl (C=O) groups excluding carboxylic acids is 2. The van der Waals surface area contributed by atoms with Crippen molar-refractivity contribution in [2.24, 2.45) is 0 Å². The number of hydrogen-bond acceptors (Lipinski definition) is 8. The summed E-state index contributed by atoms with van der Waals surface area (Å²) in [6.07, 6.45) is 4.61. The van der Waals surface area contributed by atoms with E-state index in [1.54, 1.807) is 31.4 Å². The van der Waals surface area contributed by atoms with Gasteiger partial charge in [0.05, 0.1) is 18.7 Å². The van der Waals surface area contributed by atoms with Gasteiger partial charge in [-0.15, -0.1) is 36.2 Å². The summed E-state index contributed by atoms with van der Waals surface area (Å²) in [6, 6.07) is 11.1. The number of piperazine rings is 1. The average molecular weight is 553 g/mol. The molecular weight excluding hydrogens is 521 g/mol. The van der Waals surface area contributed by atoms with Crippen molar-refractivity contribution in [1.82, 2.24) is 19.8 Å². The van der Waals surface area contributed by atoms with Crippen molar-refractivity contribution in [2.45, 2.75) is 13.3 Å². The van der Waals surface area contributed by atoms with Crippen LogP contribution in [-0.2, 0) is 11.2 Å². The number of halogens is 2. The summed E-state index contributed by atoms with van der Waals surface area (Å²) in [5.74, 6) is 1.05. The third-order valence-corrected chi connectivity index (χ3v) is 6.86. The number of rotatable bonds is 9. The molecule has 4 rings (SSSR count). The van der Waals surface area contributed by atoms with E-state index >= 15 is 0 Å². The van der Waals surface area contributed by atoms with Gasteiger partial charge in [-0.3, -0.25) is 19.5 Å². The number of pyridine rings is 1. The zero-order valence-electron chi connectivity index (χ0n) is 20.3. The fraction of sp³-hybridized carbons (Fsp3) is 0.360. The molecule has 1 N–H and O–H groups in total. The van der Waals surface area contributed by atoms with E-state index < -0.39 is 0 Å². The quantitative estimate of drug-likeness (QED) is 0.405. The molecule has 3 heterocycles. The Balaban J connectivity index is 0.00000228. The zero-order chi connectivity index (χ0) is 23.9. The number of amides is 1. The van der Waals surface area contributed by atoms with Gasteiger partial charge >= 0.3 is 0 Å². The van der Waals surface area contributed by atoms with E-state index in [1.807, 2.05) is 36.4 Å². The van der Waals surface area contributed by atoms with Crippen LogP contribution in [0.2, 0.25) is 0 Å². The first-order valence-electron chi connectivity index (χ1n) is 11.3. The predicted molar refractivity (Wildman–Crippen MR) is 147 cm³/mol. The average Bonchev–Trinajstić information content (AvgIpc) is 3.27. The van der Waals surface area contributed by atoms with Crippen LogP contribution < -0.4 is 10.1 Å². The van der Waals surface area contributed by atoms with Crippen molar-refractivity contribution < 1.29 is 14.3 Å². The Labute approximate surface area is 227 Å². The highest BCUT2D eigenvalue weighted by molar-refractivity contribution is 7.14. The summed E-state index contributed by atoms with van der Waals surface area (Å²) >= 11 is 1.33. The number of aryl methyl sites for hydroxylation is 1. The lowest BCUT2D eigenvalue weighted by atomic mass is 10.1. The van der Waals surface area contributed by atoms with Crippen LogP contribution >= 0.6 is 36.2 Å². The van der Waals surface area contributed by atoms with Crippen LogP contribution in [0.15, 0.2) is 48.8 Å². The van der Waals surface area contributed by atoms with Crippen LogP contribution in [-0.4, -0.2) is 77.8 Å². The molecule has 11 heteroatoms. The molecular formula is C25H31Cl2N5O3S. The largest absolute Gasteiger partial charge is 0.497 e. The number of aromatic nitrogens is 2. The highest BCUT2D eigenvalue weighted by atomic mass is 35.5. The third-order valence-electron chi connectivity index (χ3n) is 5.89. The molecule has 1 amide bonds. The van der Waals surface area contributed by atoms with Gasteiger partial charge in [0.1, 0.15) is 16.4 Å².